The summed E-state index contributed by atoms with van der Waals surface area (Å²) in [6.07, 6.45) is 2.83. The minimum Gasteiger partial charge on any atom is -0.493 e. The van der Waals surface area contributed by atoms with Gasteiger partial charge in [-0.15, -0.1) is 0 Å². The van der Waals surface area contributed by atoms with Crippen LogP contribution in [0.3, 0.4) is 0 Å². The highest BCUT2D eigenvalue weighted by molar-refractivity contribution is 6.02. The Morgan fingerprint density at radius 1 is 1.50 bits per heavy atom. The van der Waals surface area contributed by atoms with E-state index < -0.39 is 0 Å². The number of nitrogen functional groups attached to an aromatic ring is 1. The van der Waals surface area contributed by atoms with E-state index in [1.165, 1.54) is 0 Å². The molecule has 1 heterocycles. The lowest BCUT2D eigenvalue weighted by atomic mass is 10.0. The number of aliphatic hydroxyl groups is 1. The van der Waals surface area contributed by atoms with Crippen molar-refractivity contribution in [2.45, 2.75) is 32.2 Å². The molecule has 1 fully saturated rings. The largest absolute Gasteiger partial charge is 0.493 e. The number of ether oxygens (including phenoxy) is 1. The summed E-state index contributed by atoms with van der Waals surface area (Å²) in [4.78, 5) is 14.5. The molecule has 110 valence electrons. The first kappa shape index (κ1) is 14.7. The third-order valence-corrected chi connectivity index (χ3v) is 3.67. The summed E-state index contributed by atoms with van der Waals surface area (Å²) in [6, 6.07) is 5.11. The first-order chi connectivity index (χ1) is 9.69. The highest BCUT2D eigenvalue weighted by Gasteiger charge is 2.29. The molecule has 0 aromatic heterocycles. The van der Waals surface area contributed by atoms with Gasteiger partial charge in [-0.05, 0) is 38.3 Å². The van der Waals surface area contributed by atoms with E-state index in [1.807, 2.05) is 6.92 Å². The molecule has 0 saturated carbocycles. The summed E-state index contributed by atoms with van der Waals surface area (Å²) >= 11 is 0. The Bertz CT molecular complexity index is 476. The van der Waals surface area contributed by atoms with Crippen molar-refractivity contribution in [3.8, 4) is 5.75 Å². The van der Waals surface area contributed by atoms with Crippen LogP contribution in [0.25, 0.3) is 0 Å². The fourth-order valence-corrected chi connectivity index (χ4v) is 2.65. The highest BCUT2D eigenvalue weighted by Crippen LogP contribution is 2.28. The Labute approximate surface area is 119 Å². The van der Waals surface area contributed by atoms with Crippen molar-refractivity contribution >= 4 is 11.6 Å². The van der Waals surface area contributed by atoms with E-state index in [9.17, 15) is 9.90 Å². The zero-order valence-corrected chi connectivity index (χ0v) is 11.8. The van der Waals surface area contributed by atoms with Crippen LogP contribution in [0, 0.1) is 0 Å². The van der Waals surface area contributed by atoms with Crippen molar-refractivity contribution in [3.05, 3.63) is 23.8 Å². The van der Waals surface area contributed by atoms with Gasteiger partial charge in [-0.1, -0.05) is 6.07 Å². The number of anilines is 1. The molecule has 0 radical (unpaired) electrons. The minimum absolute atomic E-state index is 0.0115. The Kier molecular flexibility index (Phi) is 4.84. The monoisotopic (exact) mass is 278 g/mol. The first-order valence-electron chi connectivity index (χ1n) is 7.12. The predicted octanol–water partition coefficient (Wildman–Crippen LogP) is 1.65. The number of piperidine rings is 1. The Morgan fingerprint density at radius 2 is 2.30 bits per heavy atom. The summed E-state index contributed by atoms with van der Waals surface area (Å²) in [5.74, 6) is 0.366. The predicted molar refractivity (Wildman–Crippen MR) is 77.8 cm³/mol. The molecule has 3 N–H and O–H groups in total. The molecule has 1 aromatic carbocycles. The highest BCUT2D eigenvalue weighted by atomic mass is 16.5. The number of rotatable bonds is 4. The number of benzene rings is 1. The number of nitrogens with zero attached hydrogens (tertiary/aromatic N) is 1. The molecule has 1 aromatic rings. The molecule has 1 amide bonds. The lowest BCUT2D eigenvalue weighted by Crippen LogP contribution is -2.45. The van der Waals surface area contributed by atoms with Crippen molar-refractivity contribution in [2.24, 2.45) is 0 Å². The molecule has 1 atom stereocenters. The smallest absolute Gasteiger partial charge is 0.260 e. The Hall–Kier alpha value is -1.75. The normalized spacial score (nSPS) is 18.9. The van der Waals surface area contributed by atoms with Crippen LogP contribution in [0.5, 0.6) is 5.75 Å². The molecule has 2 rings (SSSR count). The fraction of sp³-hybridized carbons (Fsp3) is 0.533. The van der Waals surface area contributed by atoms with Crippen LogP contribution >= 0.6 is 0 Å². The van der Waals surface area contributed by atoms with E-state index in [1.54, 1.807) is 23.1 Å². The van der Waals surface area contributed by atoms with Crippen LogP contribution in [-0.2, 0) is 0 Å². The van der Waals surface area contributed by atoms with Gasteiger partial charge in [-0.25, -0.2) is 0 Å². The van der Waals surface area contributed by atoms with Crippen LogP contribution in [0.15, 0.2) is 18.2 Å². The molecule has 0 bridgehead atoms. The maximum Gasteiger partial charge on any atom is 0.260 e. The van der Waals surface area contributed by atoms with Crippen molar-refractivity contribution in [1.82, 2.24) is 4.90 Å². The van der Waals surface area contributed by atoms with E-state index in [2.05, 4.69) is 0 Å². The lowest BCUT2D eigenvalue weighted by Gasteiger charge is -2.35. The third-order valence-electron chi connectivity index (χ3n) is 3.67. The van der Waals surface area contributed by atoms with Crippen molar-refractivity contribution in [1.29, 1.82) is 0 Å². The number of nitrogens with two attached hydrogens (primary N) is 1. The summed E-state index contributed by atoms with van der Waals surface area (Å²) in [6.45, 7) is 2.99. The van der Waals surface area contributed by atoms with Crippen LogP contribution in [0.4, 0.5) is 5.69 Å². The van der Waals surface area contributed by atoms with Gasteiger partial charge < -0.3 is 20.5 Å². The van der Waals surface area contributed by atoms with Crippen LogP contribution in [0.2, 0.25) is 0 Å². The minimum atomic E-state index is -0.148. The third kappa shape index (κ3) is 2.88. The number of carbonyl (C=O) groups is 1. The van der Waals surface area contributed by atoms with Crippen molar-refractivity contribution < 1.29 is 14.6 Å². The van der Waals surface area contributed by atoms with Gasteiger partial charge in [0.15, 0.2) is 0 Å². The average Bonchev–Trinajstić information content (AvgIpc) is 2.47. The van der Waals surface area contributed by atoms with Gasteiger partial charge in [0, 0.05) is 12.2 Å². The van der Waals surface area contributed by atoms with Gasteiger partial charge in [0.25, 0.3) is 5.91 Å². The van der Waals surface area contributed by atoms with Crippen LogP contribution in [-0.4, -0.2) is 41.7 Å². The van der Waals surface area contributed by atoms with E-state index in [4.69, 9.17) is 10.5 Å². The first-order valence-corrected chi connectivity index (χ1v) is 7.12. The van der Waals surface area contributed by atoms with Crippen molar-refractivity contribution in [3.63, 3.8) is 0 Å². The number of likely N-dealkylation sites (tertiary alicyclic amines) is 1. The fourth-order valence-electron chi connectivity index (χ4n) is 2.65. The number of hydrogen-bond donors (Lipinski definition) is 2. The quantitative estimate of drug-likeness (QED) is 0.821. The second kappa shape index (κ2) is 6.61. The summed E-state index contributed by atoms with van der Waals surface area (Å²) in [5, 5.41) is 9.44. The van der Waals surface area contributed by atoms with Gasteiger partial charge in [-0.3, -0.25) is 4.79 Å². The second-order valence-corrected chi connectivity index (χ2v) is 4.98. The zero-order valence-electron chi connectivity index (χ0n) is 11.8. The van der Waals surface area contributed by atoms with E-state index in [-0.39, 0.29) is 18.6 Å². The molecule has 1 saturated heterocycles. The molecular weight excluding hydrogens is 256 g/mol. The molecule has 20 heavy (non-hydrogen) atoms. The Balaban J connectivity index is 2.32. The molecule has 5 heteroatoms. The number of carbonyl (C=O) groups excluding carboxylic acids is 1. The maximum absolute atomic E-state index is 12.7. The molecule has 0 aliphatic carbocycles. The van der Waals surface area contributed by atoms with Gasteiger partial charge in [-0.2, -0.15) is 0 Å². The number of aliphatic hydroxyl groups excluding tert-OH is 1. The molecule has 1 aliphatic heterocycles. The van der Waals surface area contributed by atoms with Gasteiger partial charge in [0.1, 0.15) is 11.3 Å². The van der Waals surface area contributed by atoms with Gasteiger partial charge in [0.05, 0.1) is 19.3 Å². The SMILES string of the molecule is CCOc1cccc(N)c1C(=O)N1CCCCC1CO. The summed E-state index contributed by atoms with van der Waals surface area (Å²) in [5.41, 5.74) is 6.79. The Morgan fingerprint density at radius 3 is 3.00 bits per heavy atom. The van der Waals surface area contributed by atoms with E-state index in [0.29, 0.717) is 30.2 Å². The molecule has 1 aliphatic rings. The van der Waals surface area contributed by atoms with E-state index >= 15 is 0 Å². The molecule has 0 spiro atoms. The van der Waals surface area contributed by atoms with Crippen molar-refractivity contribution in [2.75, 3.05) is 25.5 Å². The van der Waals surface area contributed by atoms with Crippen LogP contribution < -0.4 is 10.5 Å². The summed E-state index contributed by atoms with van der Waals surface area (Å²) < 4.78 is 5.51. The lowest BCUT2D eigenvalue weighted by molar-refractivity contribution is 0.0500. The molecule has 5 nitrogen and oxygen atoms in total. The van der Waals surface area contributed by atoms with Gasteiger partial charge in [0.2, 0.25) is 0 Å². The standard InChI is InChI=1S/C15H22N2O3/c1-2-20-13-8-5-7-12(16)14(13)15(19)17-9-4-3-6-11(17)10-18/h5,7-8,11,18H,2-4,6,9-10,16H2,1H3. The summed E-state index contributed by atoms with van der Waals surface area (Å²) in [7, 11) is 0. The van der Waals surface area contributed by atoms with Crippen LogP contribution in [0.1, 0.15) is 36.5 Å². The topological polar surface area (TPSA) is 75.8 Å². The van der Waals surface area contributed by atoms with Gasteiger partial charge >= 0.3 is 0 Å². The maximum atomic E-state index is 12.7. The molecule has 1 unspecified atom stereocenters. The average molecular weight is 278 g/mol. The van der Waals surface area contributed by atoms with E-state index in [0.717, 1.165) is 19.3 Å². The second-order valence-electron chi connectivity index (χ2n) is 4.98. The number of amides is 1. The number of hydrogen-bond acceptors (Lipinski definition) is 4. The molecular formula is C15H22N2O3. The zero-order chi connectivity index (χ0) is 14.5.